The van der Waals surface area contributed by atoms with Crippen LogP contribution in [0.5, 0.6) is 0 Å². The Bertz CT molecular complexity index is 1910. The first kappa shape index (κ1) is 30.4. The normalized spacial score (nSPS) is 12.8. The summed E-state index contributed by atoms with van der Waals surface area (Å²) in [5.74, 6) is -2.08. The van der Waals surface area contributed by atoms with E-state index in [-0.39, 0.29) is 41.2 Å². The number of hydrogen-bond donors (Lipinski definition) is 5. The van der Waals surface area contributed by atoms with Crippen LogP contribution in [0, 0.1) is 0 Å². The number of hydrogen-bond acceptors (Lipinski definition) is 11. The largest absolute Gasteiger partial charge is 0.449 e. The Morgan fingerprint density at radius 3 is 2.34 bits per heavy atom. The lowest BCUT2D eigenvalue weighted by atomic mass is 9.96. The zero-order valence-electron chi connectivity index (χ0n) is 20.5. The SMILES string of the molecule is NCCNS(=O)(=O)c1ccc(-c2cc(Cl)cc3c(=O)n(CCN)c(C(F)(F)F)nc23)c(-c2nn[nH]n2)c1S(N)(=O)=O. The van der Waals surface area contributed by atoms with Gasteiger partial charge in [-0.1, -0.05) is 17.7 Å². The first-order valence-corrected chi connectivity index (χ1v) is 14.7. The highest BCUT2D eigenvalue weighted by Gasteiger charge is 2.38. The Morgan fingerprint density at radius 2 is 1.78 bits per heavy atom. The van der Waals surface area contributed by atoms with E-state index in [2.05, 4.69) is 30.3 Å². The van der Waals surface area contributed by atoms with E-state index in [4.69, 9.17) is 28.2 Å². The van der Waals surface area contributed by atoms with E-state index < -0.39 is 70.8 Å². The van der Waals surface area contributed by atoms with Gasteiger partial charge < -0.3 is 11.5 Å². The van der Waals surface area contributed by atoms with Gasteiger partial charge in [0.15, 0.2) is 0 Å². The van der Waals surface area contributed by atoms with Crippen molar-refractivity contribution in [2.24, 2.45) is 16.6 Å². The predicted molar refractivity (Wildman–Crippen MR) is 139 cm³/mol. The summed E-state index contributed by atoms with van der Waals surface area (Å²) in [6.07, 6.45) is -5.10. The molecule has 0 aliphatic carbocycles. The van der Waals surface area contributed by atoms with Crippen LogP contribution >= 0.6 is 11.6 Å². The van der Waals surface area contributed by atoms with Crippen LogP contribution in [0.15, 0.2) is 38.9 Å². The fourth-order valence-electron chi connectivity index (χ4n) is 4.09. The quantitative estimate of drug-likeness (QED) is 0.160. The highest BCUT2D eigenvalue weighted by atomic mass is 35.5. The second-order valence-corrected chi connectivity index (χ2v) is 12.0. The molecule has 0 saturated heterocycles. The van der Waals surface area contributed by atoms with Crippen LogP contribution in [-0.4, -0.2) is 66.6 Å². The van der Waals surface area contributed by atoms with Crippen LogP contribution in [0.25, 0.3) is 33.4 Å². The minimum atomic E-state index is -5.10. The molecular weight excluding hydrogens is 617 g/mol. The highest BCUT2D eigenvalue weighted by Crippen LogP contribution is 2.42. The van der Waals surface area contributed by atoms with Crippen molar-refractivity contribution in [3.8, 4) is 22.5 Å². The van der Waals surface area contributed by atoms with Gasteiger partial charge in [-0.2, -0.15) is 18.4 Å². The van der Waals surface area contributed by atoms with Crippen molar-refractivity contribution in [1.29, 1.82) is 0 Å². The van der Waals surface area contributed by atoms with Crippen LogP contribution in [0.1, 0.15) is 5.82 Å². The summed E-state index contributed by atoms with van der Waals surface area (Å²) in [5.41, 5.74) is 7.96. The number of nitrogens with two attached hydrogens (primary N) is 3. The van der Waals surface area contributed by atoms with Gasteiger partial charge in [-0.25, -0.2) is 31.7 Å². The van der Waals surface area contributed by atoms with Crippen LogP contribution in [0.4, 0.5) is 13.2 Å². The molecular formula is C20H20ClF3N10O5S2. The number of H-pyrrole nitrogens is 1. The number of benzene rings is 2. The molecule has 0 radical (unpaired) electrons. The maximum atomic E-state index is 14.0. The van der Waals surface area contributed by atoms with Gasteiger partial charge >= 0.3 is 6.18 Å². The molecule has 220 valence electrons. The minimum Gasteiger partial charge on any atom is -0.329 e. The first-order valence-electron chi connectivity index (χ1n) is 11.3. The van der Waals surface area contributed by atoms with E-state index in [0.29, 0.717) is 4.57 Å². The standard InChI is InChI=1S/C20H20ClF3N10O5S2/c21-9-7-11(15-12(8-9)18(35)34(6-4-26)19(29-15)20(22,23)24)10-1-2-13(41(38,39)28-5-3-25)16(40(27,36)37)14(10)17-30-32-33-31-17/h1-2,7-8,28H,3-6,25-26H2,(H2,27,36,37)(H,30,31,32,33). The van der Waals surface area contributed by atoms with Gasteiger partial charge in [0.25, 0.3) is 5.56 Å². The third kappa shape index (κ3) is 5.80. The summed E-state index contributed by atoms with van der Waals surface area (Å²) >= 11 is 6.24. The zero-order valence-corrected chi connectivity index (χ0v) is 22.9. The fraction of sp³-hybridized carbons (Fsp3) is 0.250. The number of alkyl halides is 3. The number of tetrazole rings is 1. The number of fused-ring (bicyclic) bond motifs is 1. The van der Waals surface area contributed by atoms with Gasteiger partial charge in [0.05, 0.1) is 16.5 Å². The molecule has 0 spiro atoms. The van der Waals surface area contributed by atoms with E-state index in [1.165, 1.54) is 0 Å². The van der Waals surface area contributed by atoms with Crippen molar-refractivity contribution in [2.45, 2.75) is 22.5 Å². The average molecular weight is 637 g/mol. The number of rotatable bonds is 9. The van der Waals surface area contributed by atoms with E-state index in [1.807, 2.05) is 0 Å². The summed E-state index contributed by atoms with van der Waals surface area (Å²) in [6, 6.07) is 4.09. The Kier molecular flexibility index (Phi) is 8.19. The summed E-state index contributed by atoms with van der Waals surface area (Å²) in [5, 5.41) is 17.8. The lowest BCUT2D eigenvalue weighted by molar-refractivity contribution is -0.147. The molecule has 41 heavy (non-hydrogen) atoms. The van der Waals surface area contributed by atoms with E-state index in [0.717, 1.165) is 24.3 Å². The van der Waals surface area contributed by atoms with Crippen molar-refractivity contribution >= 4 is 42.6 Å². The number of sulfonamides is 2. The van der Waals surface area contributed by atoms with Crippen molar-refractivity contribution in [3.63, 3.8) is 0 Å². The van der Waals surface area contributed by atoms with Gasteiger partial charge in [0, 0.05) is 36.8 Å². The van der Waals surface area contributed by atoms with E-state index in [9.17, 15) is 34.8 Å². The Balaban J connectivity index is 2.23. The number of nitrogens with zero attached hydrogens (tertiary/aromatic N) is 5. The second-order valence-electron chi connectivity index (χ2n) is 8.31. The van der Waals surface area contributed by atoms with Gasteiger partial charge in [-0.15, -0.1) is 10.2 Å². The molecule has 0 fully saturated rings. The molecule has 0 amide bonds. The summed E-state index contributed by atoms with van der Waals surface area (Å²) in [6.45, 7) is -1.26. The van der Waals surface area contributed by atoms with Crippen molar-refractivity contribution in [2.75, 3.05) is 19.6 Å². The molecule has 0 aliphatic heterocycles. The van der Waals surface area contributed by atoms with Crippen molar-refractivity contribution in [1.82, 2.24) is 34.9 Å². The van der Waals surface area contributed by atoms with Crippen LogP contribution in [0.3, 0.4) is 0 Å². The average Bonchev–Trinajstić information content (AvgIpc) is 3.42. The fourth-order valence-corrected chi connectivity index (χ4v) is 6.96. The molecule has 8 N–H and O–H groups in total. The first-order chi connectivity index (χ1) is 19.1. The third-order valence-electron chi connectivity index (χ3n) is 5.62. The molecule has 0 saturated carbocycles. The Hall–Kier alpha value is -3.53. The molecule has 2 aromatic carbocycles. The number of halogens is 4. The van der Waals surface area contributed by atoms with E-state index >= 15 is 0 Å². The second kappa shape index (κ2) is 11.0. The number of aromatic amines is 1. The minimum absolute atomic E-state index is 0.136. The molecule has 21 heteroatoms. The smallest absolute Gasteiger partial charge is 0.329 e. The van der Waals surface area contributed by atoms with Gasteiger partial charge in [0.2, 0.25) is 31.7 Å². The third-order valence-corrected chi connectivity index (χ3v) is 8.46. The zero-order chi connectivity index (χ0) is 30.3. The predicted octanol–water partition coefficient (Wildman–Crippen LogP) is -0.241. The Morgan fingerprint density at radius 1 is 1.07 bits per heavy atom. The summed E-state index contributed by atoms with van der Waals surface area (Å²) in [7, 11) is -9.51. The van der Waals surface area contributed by atoms with E-state index in [1.54, 1.807) is 0 Å². The molecule has 0 aliphatic rings. The van der Waals surface area contributed by atoms with Gasteiger partial charge in [-0.3, -0.25) is 9.36 Å². The highest BCUT2D eigenvalue weighted by molar-refractivity contribution is 7.92. The van der Waals surface area contributed by atoms with Crippen LogP contribution in [-0.2, 0) is 32.8 Å². The van der Waals surface area contributed by atoms with Gasteiger partial charge in [-0.05, 0) is 29.0 Å². The number of primary sulfonamides is 1. The molecule has 2 aromatic heterocycles. The number of nitrogens with one attached hydrogen (secondary N) is 2. The Labute approximate surface area is 234 Å². The van der Waals surface area contributed by atoms with Crippen LogP contribution < -0.4 is 26.9 Å². The molecule has 0 unspecified atom stereocenters. The van der Waals surface area contributed by atoms with Crippen molar-refractivity contribution < 1.29 is 30.0 Å². The lowest BCUT2D eigenvalue weighted by Gasteiger charge is -2.19. The summed E-state index contributed by atoms with van der Waals surface area (Å²) in [4.78, 5) is 15.1. The van der Waals surface area contributed by atoms with Crippen LogP contribution in [0.2, 0.25) is 5.02 Å². The molecule has 4 aromatic rings. The lowest BCUT2D eigenvalue weighted by Crippen LogP contribution is -2.32. The molecule has 0 bridgehead atoms. The molecule has 2 heterocycles. The van der Waals surface area contributed by atoms with Gasteiger partial charge in [0.1, 0.15) is 9.79 Å². The number of aromatic nitrogens is 6. The maximum Gasteiger partial charge on any atom is 0.449 e. The maximum absolute atomic E-state index is 14.0. The monoisotopic (exact) mass is 636 g/mol. The molecule has 15 nitrogen and oxygen atoms in total. The molecule has 0 atom stereocenters. The summed E-state index contributed by atoms with van der Waals surface area (Å²) < 4.78 is 96.3. The van der Waals surface area contributed by atoms with Crippen molar-refractivity contribution in [3.05, 3.63) is 45.5 Å². The topological polar surface area (TPSA) is 248 Å². The molecule has 4 rings (SSSR count).